The predicted octanol–water partition coefficient (Wildman–Crippen LogP) is 29.5. The maximum atomic E-state index is 11.0. The van der Waals surface area contributed by atoms with Gasteiger partial charge in [0.15, 0.2) is 0 Å². The third-order valence-electron chi connectivity index (χ3n) is 20.8. The Morgan fingerprint density at radius 3 is 0.379 bits per heavy atom. The zero-order chi connectivity index (χ0) is 68.7. The summed E-state index contributed by atoms with van der Waals surface area (Å²) in [6.07, 6.45) is 102. The molecule has 0 aliphatic carbocycles. The van der Waals surface area contributed by atoms with Crippen LogP contribution in [0.5, 0.6) is 0 Å². The Morgan fingerprint density at radius 2 is 0.284 bits per heavy atom. The van der Waals surface area contributed by atoms with Crippen molar-refractivity contribution in [1.29, 1.82) is 0 Å². The van der Waals surface area contributed by atoms with E-state index in [1.807, 2.05) is 0 Å². The molecular weight excluding hydrogens is 1240 g/mol. The zero-order valence-corrected chi connectivity index (χ0v) is 68.9. The second kappa shape index (κ2) is 85.6. The van der Waals surface area contributed by atoms with Crippen molar-refractivity contribution in [2.75, 3.05) is 13.2 Å². The monoisotopic (exact) mass is 1410 g/mol. The fourth-order valence-corrected chi connectivity index (χ4v) is 15.0. The third kappa shape index (κ3) is 95.0. The van der Waals surface area contributed by atoms with Crippen molar-refractivity contribution < 1.29 is 34.3 Å². The number of hydrogen-bond donors (Lipinski definition) is 0. The number of rotatable bonds is 82. The summed E-state index contributed by atoms with van der Waals surface area (Å²) in [6.45, 7) is 9.29. The van der Waals surface area contributed by atoms with Crippen LogP contribution in [0.1, 0.15) is 516 Å². The van der Waals surface area contributed by atoms with Crippen LogP contribution < -0.4 is 0 Å². The van der Waals surface area contributed by atoms with Crippen molar-refractivity contribution in [3.63, 3.8) is 0 Å². The summed E-state index contributed by atoms with van der Waals surface area (Å²) in [6, 6.07) is 0. The molecule has 0 saturated heterocycles. The van der Waals surface area contributed by atoms with Crippen molar-refractivity contribution in [2.24, 2.45) is 11.8 Å². The van der Waals surface area contributed by atoms with E-state index in [0.717, 1.165) is 51.4 Å². The van der Waals surface area contributed by atoms with Crippen LogP contribution in [0.25, 0.3) is 0 Å². The van der Waals surface area contributed by atoms with Crippen LogP contribution in [-0.4, -0.2) is 76.9 Å². The fourth-order valence-electron chi connectivity index (χ4n) is 14.3. The van der Waals surface area contributed by atoms with E-state index in [1.165, 1.54) is 437 Å². The normalized spacial score (nSPS) is 12.0. The van der Waals surface area contributed by atoms with Gasteiger partial charge in [-0.15, -0.1) is 0 Å². The fraction of sp³-hybridized carbons (Fsp3) is 1.00. The molecule has 0 aromatic rings. The van der Waals surface area contributed by atoms with Gasteiger partial charge >= 0.3 is 37.7 Å². The molecule has 0 saturated carbocycles. The molecule has 0 amide bonds. The zero-order valence-electron chi connectivity index (χ0n) is 65.1. The van der Waals surface area contributed by atoms with Gasteiger partial charge in [0, 0.05) is 0 Å². The minimum Gasteiger partial charge on any atom is -0.726 e. The maximum absolute atomic E-state index is 11.0. The van der Waals surface area contributed by atoms with Crippen molar-refractivity contribution >= 4 is 58.5 Å². The van der Waals surface area contributed by atoms with Gasteiger partial charge in [-0.05, 0) is 37.5 Å². The van der Waals surface area contributed by atoms with Gasteiger partial charge in [-0.1, -0.05) is 490 Å². The molecule has 8 nitrogen and oxygen atoms in total. The van der Waals surface area contributed by atoms with Gasteiger partial charge in [-0.2, -0.15) is 0 Å². The first-order valence-electron chi connectivity index (χ1n) is 43.2. The smallest absolute Gasteiger partial charge is 0.726 e. The van der Waals surface area contributed by atoms with E-state index in [-0.39, 0.29) is 62.8 Å². The minimum absolute atomic E-state index is 0. The quantitative estimate of drug-likeness (QED) is 0.0254. The first-order valence-corrected chi connectivity index (χ1v) is 45.9. The average molecular weight is 1410 g/mol. The molecule has 0 aromatic carbocycles. The van der Waals surface area contributed by atoms with Crippen molar-refractivity contribution in [2.45, 2.75) is 516 Å². The second-order valence-electron chi connectivity index (χ2n) is 30.3. The molecular formula is C84H170CaO8S2. The van der Waals surface area contributed by atoms with Gasteiger partial charge in [-0.25, -0.2) is 16.8 Å². The van der Waals surface area contributed by atoms with E-state index in [4.69, 9.17) is 0 Å². The van der Waals surface area contributed by atoms with E-state index in [2.05, 4.69) is 36.1 Å². The summed E-state index contributed by atoms with van der Waals surface area (Å²) in [4.78, 5) is 0. The van der Waals surface area contributed by atoms with Gasteiger partial charge in [0.1, 0.15) is 0 Å². The van der Waals surface area contributed by atoms with E-state index in [0.29, 0.717) is 0 Å². The van der Waals surface area contributed by atoms with Crippen molar-refractivity contribution in [3.8, 4) is 0 Å². The third-order valence-corrected chi connectivity index (χ3v) is 21.6. The van der Waals surface area contributed by atoms with Crippen LogP contribution in [0.2, 0.25) is 0 Å². The number of hydrogen-bond acceptors (Lipinski definition) is 8. The molecule has 0 aliphatic heterocycles. The van der Waals surface area contributed by atoms with Crippen LogP contribution in [0.15, 0.2) is 0 Å². The standard InChI is InChI=1S/2C42H86O4S.Ca/c2*1-3-5-7-9-11-13-15-17-19-21-23-25-27-29-31-33-35-37-39-42(41-46-47(43,44)45)40-38-36-34-32-30-28-26-24-22-20-18-16-14-12-10-8-6-4-2;/h2*42H,3-41H2,1-2H3,(H,43,44,45);/q;;+2/p-2. The summed E-state index contributed by atoms with van der Waals surface area (Å²) >= 11 is 0. The molecule has 95 heavy (non-hydrogen) atoms. The van der Waals surface area contributed by atoms with E-state index < -0.39 is 20.8 Å². The van der Waals surface area contributed by atoms with E-state index in [9.17, 15) is 25.9 Å². The average Bonchev–Trinajstić information content (AvgIpc) is 3.11. The van der Waals surface area contributed by atoms with Crippen molar-refractivity contribution in [1.82, 2.24) is 0 Å². The molecule has 0 bridgehead atoms. The van der Waals surface area contributed by atoms with Crippen LogP contribution in [0.4, 0.5) is 0 Å². The Morgan fingerprint density at radius 1 is 0.189 bits per heavy atom. The Hall–Kier alpha value is 1.000. The Bertz CT molecular complexity index is 1400. The molecule has 0 N–H and O–H groups in total. The molecule has 0 atom stereocenters. The van der Waals surface area contributed by atoms with Gasteiger partial charge in [0.25, 0.3) is 0 Å². The molecule has 0 aliphatic rings. The maximum Gasteiger partial charge on any atom is 2.00 e. The molecule has 0 fully saturated rings. The largest absolute Gasteiger partial charge is 2.00 e. The summed E-state index contributed by atoms with van der Waals surface area (Å²) in [7, 11) is -9.19. The van der Waals surface area contributed by atoms with Crippen LogP contribution >= 0.6 is 0 Å². The molecule has 0 unspecified atom stereocenters. The molecule has 0 spiro atoms. The molecule has 0 radical (unpaired) electrons. The molecule has 11 heteroatoms. The van der Waals surface area contributed by atoms with Crippen LogP contribution in [0.3, 0.4) is 0 Å². The molecule has 0 heterocycles. The Labute approximate surface area is 628 Å². The Balaban J connectivity index is -0.00000176. The van der Waals surface area contributed by atoms with E-state index >= 15 is 0 Å². The second-order valence-corrected chi connectivity index (χ2v) is 32.4. The first-order chi connectivity index (χ1) is 46.0. The van der Waals surface area contributed by atoms with Gasteiger partial charge in [0.2, 0.25) is 20.8 Å². The number of unbranched alkanes of at least 4 members (excludes halogenated alkanes) is 68. The minimum atomic E-state index is -4.59. The summed E-state index contributed by atoms with van der Waals surface area (Å²) in [5.41, 5.74) is 0. The van der Waals surface area contributed by atoms with Gasteiger partial charge in [-0.3, -0.25) is 8.37 Å². The van der Waals surface area contributed by atoms with Gasteiger partial charge in [0.05, 0.1) is 13.2 Å². The summed E-state index contributed by atoms with van der Waals surface area (Å²) < 4.78 is 75.6. The van der Waals surface area contributed by atoms with Crippen LogP contribution in [-0.2, 0) is 29.2 Å². The molecule has 0 aromatic heterocycles. The summed E-state index contributed by atoms with van der Waals surface area (Å²) in [5.74, 6) is 0.390. The van der Waals surface area contributed by atoms with Crippen LogP contribution in [0, 0.1) is 11.8 Å². The summed E-state index contributed by atoms with van der Waals surface area (Å²) in [5, 5.41) is 0. The Kier molecular flexibility index (Phi) is 90.3. The van der Waals surface area contributed by atoms with Gasteiger partial charge < -0.3 is 9.11 Å². The first kappa shape index (κ1) is 100. The molecule has 568 valence electrons. The topological polar surface area (TPSA) is 133 Å². The predicted molar refractivity (Wildman–Crippen MR) is 418 cm³/mol. The van der Waals surface area contributed by atoms with Crippen molar-refractivity contribution in [3.05, 3.63) is 0 Å². The SMILES string of the molecule is CCCCCCCCCCCCCCCCCCCCC(CCCCCCCCCCCCCCCCCCCC)COS(=O)(=O)[O-].CCCCCCCCCCCCCCCCCCCCC(CCCCCCCCCCCCCCCCCCCC)COS(=O)(=O)[O-].[Ca+2]. The van der Waals surface area contributed by atoms with E-state index in [1.54, 1.807) is 0 Å². The molecule has 0 rings (SSSR count).